The minimum atomic E-state index is -4.29. The van der Waals surface area contributed by atoms with Gasteiger partial charge in [-0.1, -0.05) is 12.1 Å². The number of hydrogen-bond donors (Lipinski definition) is 1. The van der Waals surface area contributed by atoms with Gasteiger partial charge in [-0.25, -0.2) is 0 Å². The van der Waals surface area contributed by atoms with E-state index in [1.807, 2.05) is 13.8 Å². The molecule has 5 heteroatoms. The minimum absolute atomic E-state index is 0.184. The largest absolute Gasteiger partial charge is 0.416 e. The van der Waals surface area contributed by atoms with Crippen molar-refractivity contribution in [2.24, 2.45) is 5.73 Å². The Morgan fingerprint density at radius 1 is 1.15 bits per heavy atom. The van der Waals surface area contributed by atoms with E-state index in [0.717, 1.165) is 23.3 Å². The number of hydrogen-bond acceptors (Lipinski definition) is 2. The fourth-order valence-corrected chi connectivity index (χ4v) is 3.21. The van der Waals surface area contributed by atoms with Crippen LogP contribution in [-0.4, -0.2) is 0 Å². The van der Waals surface area contributed by atoms with Crippen LogP contribution in [0.3, 0.4) is 0 Å². The summed E-state index contributed by atoms with van der Waals surface area (Å²) >= 11 is 1.69. The number of rotatable bonds is 3. The Morgan fingerprint density at radius 2 is 1.75 bits per heavy atom. The lowest BCUT2D eigenvalue weighted by Crippen LogP contribution is -2.13. The lowest BCUT2D eigenvalue weighted by atomic mass is 9.99. The molecular weight excluding hydrogens is 283 g/mol. The molecule has 1 atom stereocenters. The summed E-state index contributed by atoms with van der Waals surface area (Å²) in [6, 6.07) is 7.07. The maximum Gasteiger partial charge on any atom is 0.416 e. The molecule has 0 fully saturated rings. The Bertz CT molecular complexity index is 584. The number of benzene rings is 1. The number of aryl methyl sites for hydroxylation is 2. The van der Waals surface area contributed by atoms with E-state index in [1.165, 1.54) is 21.9 Å². The van der Waals surface area contributed by atoms with Gasteiger partial charge in [0.05, 0.1) is 5.56 Å². The zero-order valence-electron chi connectivity index (χ0n) is 11.3. The fourth-order valence-electron chi connectivity index (χ4n) is 2.21. The van der Waals surface area contributed by atoms with Crippen molar-refractivity contribution in [3.05, 3.63) is 56.8 Å². The summed E-state index contributed by atoms with van der Waals surface area (Å²) in [6.07, 6.45) is -3.75. The average Bonchev–Trinajstić information content (AvgIpc) is 2.68. The van der Waals surface area contributed by atoms with Gasteiger partial charge < -0.3 is 5.73 Å². The van der Waals surface area contributed by atoms with E-state index in [9.17, 15) is 13.2 Å². The highest BCUT2D eigenvalue weighted by Crippen LogP contribution is 2.30. The lowest BCUT2D eigenvalue weighted by Gasteiger charge is -2.13. The lowest BCUT2D eigenvalue weighted by molar-refractivity contribution is -0.137. The van der Waals surface area contributed by atoms with Crippen LogP contribution in [0.15, 0.2) is 30.3 Å². The Morgan fingerprint density at radius 3 is 2.20 bits per heavy atom. The van der Waals surface area contributed by atoms with Crippen molar-refractivity contribution in [2.45, 2.75) is 32.5 Å². The molecule has 1 unspecified atom stereocenters. The van der Waals surface area contributed by atoms with E-state index in [1.54, 1.807) is 11.3 Å². The fraction of sp³-hybridized carbons (Fsp3) is 0.333. The Hall–Kier alpha value is -1.33. The normalized spacial score (nSPS) is 13.5. The highest BCUT2D eigenvalue weighted by atomic mass is 32.1. The molecule has 2 N–H and O–H groups in total. The first-order valence-electron chi connectivity index (χ1n) is 6.26. The molecule has 0 aliphatic carbocycles. The second kappa shape index (κ2) is 5.58. The van der Waals surface area contributed by atoms with E-state index < -0.39 is 11.7 Å². The Kier molecular flexibility index (Phi) is 4.20. The molecule has 0 saturated heterocycles. The molecule has 0 aliphatic heterocycles. The average molecular weight is 299 g/mol. The van der Waals surface area contributed by atoms with E-state index >= 15 is 0 Å². The van der Waals surface area contributed by atoms with Crippen molar-refractivity contribution in [3.8, 4) is 0 Å². The number of thiophene rings is 1. The molecule has 1 nitrogen and oxygen atoms in total. The van der Waals surface area contributed by atoms with Gasteiger partial charge in [-0.05, 0) is 49.6 Å². The molecule has 0 bridgehead atoms. The number of alkyl halides is 3. The van der Waals surface area contributed by atoms with Gasteiger partial charge >= 0.3 is 6.18 Å². The molecule has 20 heavy (non-hydrogen) atoms. The molecule has 1 heterocycles. The predicted molar refractivity (Wildman–Crippen MR) is 75.9 cm³/mol. The molecule has 1 aromatic heterocycles. The molecule has 1 aromatic carbocycles. The topological polar surface area (TPSA) is 26.0 Å². The van der Waals surface area contributed by atoms with E-state index in [4.69, 9.17) is 5.73 Å². The van der Waals surface area contributed by atoms with Crippen LogP contribution in [0.2, 0.25) is 0 Å². The minimum Gasteiger partial charge on any atom is -0.324 e. The van der Waals surface area contributed by atoms with Crippen molar-refractivity contribution in [3.63, 3.8) is 0 Å². The van der Waals surface area contributed by atoms with Crippen LogP contribution >= 0.6 is 11.3 Å². The Balaban J connectivity index is 2.12. The van der Waals surface area contributed by atoms with Gasteiger partial charge in [0.25, 0.3) is 0 Å². The first-order valence-corrected chi connectivity index (χ1v) is 7.07. The third kappa shape index (κ3) is 3.41. The van der Waals surface area contributed by atoms with Crippen molar-refractivity contribution in [2.75, 3.05) is 0 Å². The molecule has 0 aliphatic rings. The third-order valence-electron chi connectivity index (χ3n) is 3.22. The maximum absolute atomic E-state index is 12.5. The summed E-state index contributed by atoms with van der Waals surface area (Å²) in [5.41, 5.74) is 7.41. The maximum atomic E-state index is 12.5. The summed E-state index contributed by atoms with van der Waals surface area (Å²) in [5, 5.41) is 0. The van der Waals surface area contributed by atoms with Gasteiger partial charge in [-0.15, -0.1) is 11.3 Å². The first-order chi connectivity index (χ1) is 9.27. The number of nitrogens with two attached hydrogens (primary N) is 1. The van der Waals surface area contributed by atoms with E-state index in [0.29, 0.717) is 6.42 Å². The molecule has 108 valence electrons. The standard InChI is InChI=1S/C15H16F3NS/c1-9-7-13(10(2)20-9)14(19)8-11-3-5-12(6-4-11)15(16,17)18/h3-7,14H,8,19H2,1-2H3. The summed E-state index contributed by atoms with van der Waals surface area (Å²) in [7, 11) is 0. The third-order valence-corrected chi connectivity index (χ3v) is 4.20. The zero-order chi connectivity index (χ0) is 14.9. The van der Waals surface area contributed by atoms with Gasteiger partial charge in [-0.2, -0.15) is 13.2 Å². The van der Waals surface area contributed by atoms with Crippen LogP contribution in [0.5, 0.6) is 0 Å². The van der Waals surface area contributed by atoms with Crippen LogP contribution in [0.1, 0.15) is 32.5 Å². The predicted octanol–water partition coefficient (Wildman–Crippen LogP) is 4.63. The highest BCUT2D eigenvalue weighted by Gasteiger charge is 2.30. The van der Waals surface area contributed by atoms with Crippen molar-refractivity contribution >= 4 is 11.3 Å². The summed E-state index contributed by atoms with van der Waals surface area (Å²) < 4.78 is 37.4. The summed E-state index contributed by atoms with van der Waals surface area (Å²) in [5.74, 6) is 0. The molecule has 0 amide bonds. The molecule has 0 radical (unpaired) electrons. The van der Waals surface area contributed by atoms with Crippen LogP contribution in [0.4, 0.5) is 13.2 Å². The highest BCUT2D eigenvalue weighted by molar-refractivity contribution is 7.12. The molecule has 2 aromatic rings. The SMILES string of the molecule is Cc1cc(C(N)Cc2ccc(C(F)(F)F)cc2)c(C)s1. The van der Waals surface area contributed by atoms with Crippen LogP contribution in [-0.2, 0) is 12.6 Å². The quantitative estimate of drug-likeness (QED) is 0.879. The summed E-state index contributed by atoms with van der Waals surface area (Å²) in [6.45, 7) is 4.03. The van der Waals surface area contributed by atoms with Crippen LogP contribution in [0.25, 0.3) is 0 Å². The molecule has 2 rings (SSSR count). The molecule has 0 spiro atoms. The summed E-state index contributed by atoms with van der Waals surface area (Å²) in [4.78, 5) is 2.36. The first kappa shape index (κ1) is 15.1. The van der Waals surface area contributed by atoms with Gasteiger partial charge in [-0.3, -0.25) is 0 Å². The zero-order valence-corrected chi connectivity index (χ0v) is 12.1. The smallest absolute Gasteiger partial charge is 0.324 e. The van der Waals surface area contributed by atoms with Gasteiger partial charge in [0, 0.05) is 15.8 Å². The molecule has 0 saturated carbocycles. The molecular formula is C15H16F3NS. The monoisotopic (exact) mass is 299 g/mol. The van der Waals surface area contributed by atoms with Crippen molar-refractivity contribution < 1.29 is 13.2 Å². The Labute approximate surface area is 120 Å². The van der Waals surface area contributed by atoms with Crippen LogP contribution < -0.4 is 5.73 Å². The van der Waals surface area contributed by atoms with Crippen LogP contribution in [0, 0.1) is 13.8 Å². The van der Waals surface area contributed by atoms with Gasteiger partial charge in [0.15, 0.2) is 0 Å². The van der Waals surface area contributed by atoms with Crippen molar-refractivity contribution in [1.82, 2.24) is 0 Å². The number of halogens is 3. The van der Waals surface area contributed by atoms with Gasteiger partial charge in [0.1, 0.15) is 0 Å². The van der Waals surface area contributed by atoms with E-state index in [-0.39, 0.29) is 6.04 Å². The van der Waals surface area contributed by atoms with E-state index in [2.05, 4.69) is 6.07 Å². The van der Waals surface area contributed by atoms with Gasteiger partial charge in [0.2, 0.25) is 0 Å². The second-order valence-corrected chi connectivity index (χ2v) is 6.33. The second-order valence-electron chi connectivity index (χ2n) is 4.87. The van der Waals surface area contributed by atoms with Crippen molar-refractivity contribution in [1.29, 1.82) is 0 Å².